The maximum Gasteiger partial charge on any atom is 0.0595 e. The molecule has 1 heterocycles. The lowest BCUT2D eigenvalue weighted by atomic mass is 9.90. The molecule has 3 unspecified atom stereocenters. The molecule has 1 aliphatic heterocycles. The van der Waals surface area contributed by atoms with Crippen LogP contribution in [0, 0.1) is 5.92 Å². The molecular formula is C15H22Cl2N2. The molecular weight excluding hydrogens is 279 g/mol. The smallest absolute Gasteiger partial charge is 0.0595 e. The first kappa shape index (κ1) is 15.1. The maximum atomic E-state index is 6.12. The highest BCUT2D eigenvalue weighted by atomic mass is 35.5. The Morgan fingerprint density at radius 1 is 1.37 bits per heavy atom. The van der Waals surface area contributed by atoms with Gasteiger partial charge in [-0.05, 0) is 49.9 Å². The summed E-state index contributed by atoms with van der Waals surface area (Å²) in [6.45, 7) is 6.35. The second kappa shape index (κ2) is 6.45. The van der Waals surface area contributed by atoms with Crippen LogP contribution < -0.4 is 5.73 Å². The van der Waals surface area contributed by atoms with Crippen LogP contribution in [-0.2, 0) is 0 Å². The summed E-state index contributed by atoms with van der Waals surface area (Å²) in [4.78, 5) is 2.50. The lowest BCUT2D eigenvalue weighted by Gasteiger charge is -2.42. The molecule has 2 rings (SSSR count). The summed E-state index contributed by atoms with van der Waals surface area (Å²) in [5.74, 6) is 0.769. The van der Waals surface area contributed by atoms with Crippen LogP contribution in [0.4, 0.5) is 0 Å². The van der Waals surface area contributed by atoms with Crippen LogP contribution in [0.1, 0.15) is 38.3 Å². The van der Waals surface area contributed by atoms with Gasteiger partial charge in [0.1, 0.15) is 0 Å². The number of rotatable bonds is 3. The van der Waals surface area contributed by atoms with Crippen molar-refractivity contribution < 1.29 is 0 Å². The highest BCUT2D eigenvalue weighted by molar-refractivity contribution is 6.42. The lowest BCUT2D eigenvalue weighted by molar-refractivity contribution is 0.0834. The molecule has 106 valence electrons. The summed E-state index contributed by atoms with van der Waals surface area (Å²) < 4.78 is 0. The Morgan fingerprint density at radius 2 is 2.11 bits per heavy atom. The summed E-state index contributed by atoms with van der Waals surface area (Å²) in [6, 6.07) is 6.70. The normalized spacial score (nSPS) is 26.4. The zero-order valence-electron chi connectivity index (χ0n) is 11.6. The van der Waals surface area contributed by atoms with E-state index in [0.29, 0.717) is 22.1 Å². The van der Waals surface area contributed by atoms with Crippen molar-refractivity contribution in [1.82, 2.24) is 4.90 Å². The highest BCUT2D eigenvalue weighted by Crippen LogP contribution is 2.33. The van der Waals surface area contributed by atoms with Gasteiger partial charge in [-0.25, -0.2) is 0 Å². The predicted molar refractivity (Wildman–Crippen MR) is 82.8 cm³/mol. The Kier molecular flexibility index (Phi) is 5.13. The molecule has 0 bridgehead atoms. The third kappa shape index (κ3) is 3.43. The molecule has 3 atom stereocenters. The number of hydrogen-bond donors (Lipinski definition) is 1. The number of benzene rings is 1. The minimum absolute atomic E-state index is 0.329. The Morgan fingerprint density at radius 3 is 2.74 bits per heavy atom. The van der Waals surface area contributed by atoms with Crippen LogP contribution in [0.2, 0.25) is 10.0 Å². The molecule has 19 heavy (non-hydrogen) atoms. The minimum atomic E-state index is 0.329. The van der Waals surface area contributed by atoms with Gasteiger partial charge in [0.05, 0.1) is 10.0 Å². The van der Waals surface area contributed by atoms with Gasteiger partial charge in [-0.2, -0.15) is 0 Å². The van der Waals surface area contributed by atoms with Gasteiger partial charge >= 0.3 is 0 Å². The van der Waals surface area contributed by atoms with Crippen LogP contribution in [0.25, 0.3) is 0 Å². The van der Waals surface area contributed by atoms with Gasteiger partial charge in [0.15, 0.2) is 0 Å². The van der Waals surface area contributed by atoms with E-state index in [9.17, 15) is 0 Å². The first-order valence-electron chi connectivity index (χ1n) is 6.93. The Bertz CT molecular complexity index is 436. The van der Waals surface area contributed by atoms with Crippen LogP contribution in [0.3, 0.4) is 0 Å². The molecule has 1 aromatic carbocycles. The van der Waals surface area contributed by atoms with Gasteiger partial charge in [-0.1, -0.05) is 36.2 Å². The van der Waals surface area contributed by atoms with Crippen molar-refractivity contribution in [1.29, 1.82) is 0 Å². The molecule has 1 fully saturated rings. The van der Waals surface area contributed by atoms with E-state index in [2.05, 4.69) is 24.8 Å². The first-order chi connectivity index (χ1) is 9.02. The largest absolute Gasteiger partial charge is 0.329 e. The molecule has 1 aliphatic rings. The predicted octanol–water partition coefficient (Wildman–Crippen LogP) is 4.11. The maximum absolute atomic E-state index is 6.12. The van der Waals surface area contributed by atoms with E-state index in [4.69, 9.17) is 28.9 Å². The standard InChI is InChI=1S/C15H22Cl2N2/c1-10-5-6-19(13(7-10)9-18)11(2)12-3-4-14(16)15(17)8-12/h3-4,8,10-11,13H,5-7,9,18H2,1-2H3. The van der Waals surface area contributed by atoms with Crippen molar-refractivity contribution in [2.45, 2.75) is 38.8 Å². The number of hydrogen-bond acceptors (Lipinski definition) is 2. The average Bonchev–Trinajstić information content (AvgIpc) is 2.41. The van der Waals surface area contributed by atoms with Crippen molar-refractivity contribution in [3.63, 3.8) is 0 Å². The average molecular weight is 301 g/mol. The van der Waals surface area contributed by atoms with E-state index in [-0.39, 0.29) is 0 Å². The van der Waals surface area contributed by atoms with E-state index in [1.807, 2.05) is 12.1 Å². The summed E-state index contributed by atoms with van der Waals surface area (Å²) in [6.07, 6.45) is 2.42. The van der Waals surface area contributed by atoms with E-state index in [0.717, 1.165) is 19.0 Å². The number of nitrogens with zero attached hydrogens (tertiary/aromatic N) is 1. The first-order valence-corrected chi connectivity index (χ1v) is 7.69. The Labute approximate surface area is 125 Å². The number of piperidine rings is 1. The summed E-state index contributed by atoms with van der Waals surface area (Å²) in [7, 11) is 0. The fourth-order valence-corrected chi connectivity index (χ4v) is 3.28. The zero-order valence-corrected chi connectivity index (χ0v) is 13.1. The van der Waals surface area contributed by atoms with Crippen LogP contribution in [-0.4, -0.2) is 24.0 Å². The van der Waals surface area contributed by atoms with Crippen molar-refractivity contribution in [3.05, 3.63) is 33.8 Å². The van der Waals surface area contributed by atoms with Gasteiger partial charge in [-0.15, -0.1) is 0 Å². The van der Waals surface area contributed by atoms with E-state index >= 15 is 0 Å². The quantitative estimate of drug-likeness (QED) is 0.910. The second-order valence-electron chi connectivity index (χ2n) is 5.61. The molecule has 0 amide bonds. The number of likely N-dealkylation sites (tertiary alicyclic amines) is 1. The van der Waals surface area contributed by atoms with Crippen molar-refractivity contribution in [2.24, 2.45) is 11.7 Å². The summed E-state index contributed by atoms with van der Waals surface area (Å²) in [5.41, 5.74) is 7.15. The van der Waals surface area contributed by atoms with Crippen molar-refractivity contribution >= 4 is 23.2 Å². The molecule has 1 saturated heterocycles. The summed E-state index contributed by atoms with van der Waals surface area (Å²) in [5, 5.41) is 1.24. The van der Waals surface area contributed by atoms with Gasteiger partial charge in [-0.3, -0.25) is 4.90 Å². The van der Waals surface area contributed by atoms with E-state index < -0.39 is 0 Å². The van der Waals surface area contributed by atoms with E-state index in [1.165, 1.54) is 18.4 Å². The van der Waals surface area contributed by atoms with Gasteiger partial charge in [0.25, 0.3) is 0 Å². The molecule has 0 spiro atoms. The van der Waals surface area contributed by atoms with Crippen LogP contribution in [0.5, 0.6) is 0 Å². The molecule has 2 N–H and O–H groups in total. The van der Waals surface area contributed by atoms with Crippen LogP contribution >= 0.6 is 23.2 Å². The molecule has 1 aromatic rings. The summed E-state index contributed by atoms with van der Waals surface area (Å²) >= 11 is 12.1. The topological polar surface area (TPSA) is 29.3 Å². The molecule has 0 aromatic heterocycles. The van der Waals surface area contributed by atoms with E-state index in [1.54, 1.807) is 0 Å². The molecule has 2 nitrogen and oxygen atoms in total. The fourth-order valence-electron chi connectivity index (χ4n) is 2.97. The van der Waals surface area contributed by atoms with Crippen molar-refractivity contribution in [3.8, 4) is 0 Å². The third-order valence-electron chi connectivity index (χ3n) is 4.22. The number of nitrogens with two attached hydrogens (primary N) is 1. The third-order valence-corrected chi connectivity index (χ3v) is 4.96. The SMILES string of the molecule is CC1CCN(C(C)c2ccc(Cl)c(Cl)c2)C(CN)C1. The zero-order chi connectivity index (χ0) is 14.0. The monoisotopic (exact) mass is 300 g/mol. The van der Waals surface area contributed by atoms with Gasteiger partial charge in [0, 0.05) is 18.6 Å². The second-order valence-corrected chi connectivity index (χ2v) is 6.42. The van der Waals surface area contributed by atoms with Crippen LogP contribution in [0.15, 0.2) is 18.2 Å². The lowest BCUT2D eigenvalue weighted by Crippen LogP contribution is -2.47. The minimum Gasteiger partial charge on any atom is -0.329 e. The fraction of sp³-hybridized carbons (Fsp3) is 0.600. The molecule has 0 aliphatic carbocycles. The molecule has 0 saturated carbocycles. The molecule has 4 heteroatoms. The molecule has 0 radical (unpaired) electrons. The van der Waals surface area contributed by atoms with Gasteiger partial charge in [0.2, 0.25) is 0 Å². The Hall–Kier alpha value is -0.280. The Balaban J connectivity index is 2.17. The van der Waals surface area contributed by atoms with Gasteiger partial charge < -0.3 is 5.73 Å². The highest BCUT2D eigenvalue weighted by Gasteiger charge is 2.29. The van der Waals surface area contributed by atoms with Crippen molar-refractivity contribution in [2.75, 3.05) is 13.1 Å². The number of halogens is 2.